The summed E-state index contributed by atoms with van der Waals surface area (Å²) in [5.74, 6) is 1.07. The molecule has 1 rings (SSSR count). The summed E-state index contributed by atoms with van der Waals surface area (Å²) in [6.07, 6.45) is 6.30. The Bertz CT molecular complexity index is 225. The highest BCUT2D eigenvalue weighted by Crippen LogP contribution is 2.15. The summed E-state index contributed by atoms with van der Waals surface area (Å²) in [6, 6.07) is 0. The van der Waals surface area contributed by atoms with Crippen LogP contribution in [0.4, 0.5) is 0 Å². The van der Waals surface area contributed by atoms with Crippen molar-refractivity contribution in [1.82, 2.24) is 10.2 Å². The maximum Gasteiger partial charge on any atom is 0.220 e. The van der Waals surface area contributed by atoms with Gasteiger partial charge in [-0.15, -0.1) is 0 Å². The van der Waals surface area contributed by atoms with E-state index in [1.54, 1.807) is 0 Å². The van der Waals surface area contributed by atoms with Crippen molar-refractivity contribution in [1.29, 1.82) is 0 Å². The number of hydrogen-bond donors (Lipinski definition) is 2. The number of carbonyl (C=O) groups excluding carboxylic acids is 1. The largest absolute Gasteiger partial charge is 0.355 e. The molecule has 1 heterocycles. The third-order valence-corrected chi connectivity index (χ3v) is 3.73. The molecule has 1 aliphatic rings. The molecular weight excluding hydrogens is 226 g/mol. The molecule has 1 amide bonds. The third kappa shape index (κ3) is 6.97. The van der Waals surface area contributed by atoms with Crippen LogP contribution in [-0.4, -0.2) is 43.5 Å². The lowest BCUT2D eigenvalue weighted by atomic mass is 9.99. The second kappa shape index (κ2) is 9.34. The number of amides is 1. The molecule has 1 saturated heterocycles. The first-order valence-electron chi connectivity index (χ1n) is 7.41. The van der Waals surface area contributed by atoms with E-state index in [1.807, 2.05) is 0 Å². The first kappa shape index (κ1) is 15.4. The summed E-state index contributed by atoms with van der Waals surface area (Å²) in [4.78, 5) is 14.0. The van der Waals surface area contributed by atoms with Crippen LogP contribution in [0.25, 0.3) is 0 Å². The molecule has 3 N–H and O–H groups in total. The zero-order valence-electron chi connectivity index (χ0n) is 11.8. The summed E-state index contributed by atoms with van der Waals surface area (Å²) in [6.45, 7) is 7.22. The van der Waals surface area contributed by atoms with Gasteiger partial charge in [-0.25, -0.2) is 0 Å². The lowest BCUT2D eigenvalue weighted by molar-refractivity contribution is -0.121. The van der Waals surface area contributed by atoms with Gasteiger partial charge in [-0.05, 0) is 51.2 Å². The van der Waals surface area contributed by atoms with Gasteiger partial charge in [0.15, 0.2) is 0 Å². The van der Waals surface area contributed by atoms with E-state index in [-0.39, 0.29) is 5.91 Å². The number of nitrogens with one attached hydrogen (secondary N) is 1. The van der Waals surface area contributed by atoms with Crippen molar-refractivity contribution >= 4 is 5.91 Å². The van der Waals surface area contributed by atoms with Gasteiger partial charge in [0.25, 0.3) is 0 Å². The number of piperidine rings is 1. The Morgan fingerprint density at radius 3 is 2.67 bits per heavy atom. The number of nitrogens with zero attached hydrogens (tertiary/aromatic N) is 1. The Kier molecular flexibility index (Phi) is 8.01. The van der Waals surface area contributed by atoms with E-state index < -0.39 is 0 Å². The molecule has 18 heavy (non-hydrogen) atoms. The summed E-state index contributed by atoms with van der Waals surface area (Å²) in [5, 5.41) is 3.01. The highest BCUT2D eigenvalue weighted by atomic mass is 16.1. The summed E-state index contributed by atoms with van der Waals surface area (Å²) >= 11 is 0. The van der Waals surface area contributed by atoms with Crippen LogP contribution in [0.1, 0.15) is 45.4 Å². The van der Waals surface area contributed by atoms with Gasteiger partial charge < -0.3 is 16.0 Å². The minimum absolute atomic E-state index is 0.192. The monoisotopic (exact) mass is 255 g/mol. The lowest BCUT2D eigenvalue weighted by Gasteiger charge is -2.30. The maximum absolute atomic E-state index is 11.5. The predicted molar refractivity (Wildman–Crippen MR) is 75.4 cm³/mol. The van der Waals surface area contributed by atoms with E-state index in [2.05, 4.69) is 17.1 Å². The van der Waals surface area contributed by atoms with E-state index in [0.29, 0.717) is 6.42 Å². The van der Waals surface area contributed by atoms with E-state index in [1.165, 1.54) is 25.9 Å². The molecular formula is C14H29N3O. The highest BCUT2D eigenvalue weighted by molar-refractivity contribution is 5.75. The number of hydrogen-bond acceptors (Lipinski definition) is 3. The standard InChI is InChI=1S/C14H29N3O/c1-13-6-10-17(11-7-13)12-9-16-14(18)5-3-2-4-8-15/h13H,2-12,15H2,1H3,(H,16,18). The normalized spacial score (nSPS) is 17.9. The van der Waals surface area contributed by atoms with Crippen molar-refractivity contribution in [3.63, 3.8) is 0 Å². The van der Waals surface area contributed by atoms with Gasteiger partial charge in [-0.1, -0.05) is 13.3 Å². The highest BCUT2D eigenvalue weighted by Gasteiger charge is 2.14. The molecule has 0 atom stereocenters. The van der Waals surface area contributed by atoms with Crippen molar-refractivity contribution in [2.45, 2.75) is 45.4 Å². The van der Waals surface area contributed by atoms with Crippen LogP contribution < -0.4 is 11.1 Å². The van der Waals surface area contributed by atoms with Gasteiger partial charge in [-0.3, -0.25) is 4.79 Å². The molecule has 4 heteroatoms. The zero-order chi connectivity index (χ0) is 13.2. The van der Waals surface area contributed by atoms with Crippen molar-refractivity contribution < 1.29 is 4.79 Å². The number of nitrogens with two attached hydrogens (primary N) is 1. The molecule has 1 fully saturated rings. The molecule has 0 aromatic rings. The number of rotatable bonds is 8. The topological polar surface area (TPSA) is 58.4 Å². The second-order valence-corrected chi connectivity index (χ2v) is 5.47. The average molecular weight is 255 g/mol. The van der Waals surface area contributed by atoms with E-state index >= 15 is 0 Å². The zero-order valence-corrected chi connectivity index (χ0v) is 11.8. The molecule has 0 radical (unpaired) electrons. The van der Waals surface area contributed by atoms with Gasteiger partial charge in [0.2, 0.25) is 5.91 Å². The first-order chi connectivity index (χ1) is 8.72. The number of likely N-dealkylation sites (tertiary alicyclic amines) is 1. The van der Waals surface area contributed by atoms with Gasteiger partial charge in [0.1, 0.15) is 0 Å². The van der Waals surface area contributed by atoms with Crippen LogP contribution in [0.15, 0.2) is 0 Å². The molecule has 1 aliphatic heterocycles. The number of carbonyl (C=O) groups is 1. The Hall–Kier alpha value is -0.610. The molecule has 0 saturated carbocycles. The minimum Gasteiger partial charge on any atom is -0.355 e. The maximum atomic E-state index is 11.5. The molecule has 4 nitrogen and oxygen atoms in total. The van der Waals surface area contributed by atoms with Crippen LogP contribution in [0, 0.1) is 5.92 Å². The third-order valence-electron chi connectivity index (χ3n) is 3.73. The molecule has 0 unspecified atom stereocenters. The molecule has 0 aromatic heterocycles. The van der Waals surface area contributed by atoms with Crippen LogP contribution in [0.5, 0.6) is 0 Å². The van der Waals surface area contributed by atoms with Gasteiger partial charge in [0.05, 0.1) is 0 Å². The first-order valence-corrected chi connectivity index (χ1v) is 7.41. The Morgan fingerprint density at radius 2 is 2.00 bits per heavy atom. The van der Waals surface area contributed by atoms with Crippen LogP contribution >= 0.6 is 0 Å². The van der Waals surface area contributed by atoms with Crippen LogP contribution in [0.3, 0.4) is 0 Å². The smallest absolute Gasteiger partial charge is 0.220 e. The second-order valence-electron chi connectivity index (χ2n) is 5.47. The average Bonchev–Trinajstić information content (AvgIpc) is 2.37. The van der Waals surface area contributed by atoms with Crippen molar-refractivity contribution in [3.05, 3.63) is 0 Å². The number of unbranched alkanes of at least 4 members (excludes halogenated alkanes) is 2. The molecule has 0 bridgehead atoms. The van der Waals surface area contributed by atoms with Gasteiger partial charge in [0, 0.05) is 19.5 Å². The molecule has 0 spiro atoms. The van der Waals surface area contributed by atoms with Crippen LogP contribution in [0.2, 0.25) is 0 Å². The SMILES string of the molecule is CC1CCN(CCNC(=O)CCCCCN)CC1. The van der Waals surface area contributed by atoms with Crippen molar-refractivity contribution in [2.75, 3.05) is 32.7 Å². The fraction of sp³-hybridized carbons (Fsp3) is 0.929. The lowest BCUT2D eigenvalue weighted by Crippen LogP contribution is -2.39. The quantitative estimate of drug-likeness (QED) is 0.644. The fourth-order valence-electron chi connectivity index (χ4n) is 2.33. The van der Waals surface area contributed by atoms with Gasteiger partial charge in [-0.2, -0.15) is 0 Å². The summed E-state index contributed by atoms with van der Waals surface area (Å²) in [7, 11) is 0. The Balaban J connectivity index is 1.95. The minimum atomic E-state index is 0.192. The van der Waals surface area contributed by atoms with Gasteiger partial charge >= 0.3 is 0 Å². The van der Waals surface area contributed by atoms with Crippen molar-refractivity contribution in [3.8, 4) is 0 Å². The fourth-order valence-corrected chi connectivity index (χ4v) is 2.33. The van der Waals surface area contributed by atoms with E-state index in [9.17, 15) is 4.79 Å². The molecule has 106 valence electrons. The van der Waals surface area contributed by atoms with Crippen LogP contribution in [-0.2, 0) is 4.79 Å². The predicted octanol–water partition coefficient (Wildman–Crippen LogP) is 1.35. The van der Waals surface area contributed by atoms with Crippen molar-refractivity contribution in [2.24, 2.45) is 11.7 Å². The Labute approximate surface area is 111 Å². The molecule has 0 aliphatic carbocycles. The molecule has 0 aromatic carbocycles. The summed E-state index contributed by atoms with van der Waals surface area (Å²) < 4.78 is 0. The summed E-state index contributed by atoms with van der Waals surface area (Å²) in [5.41, 5.74) is 5.41. The van der Waals surface area contributed by atoms with E-state index in [4.69, 9.17) is 5.73 Å². The Morgan fingerprint density at radius 1 is 1.28 bits per heavy atom. The van der Waals surface area contributed by atoms with E-state index in [0.717, 1.165) is 44.8 Å².